The van der Waals surface area contributed by atoms with Crippen LogP contribution in [-0.4, -0.2) is 47.8 Å². The predicted octanol–water partition coefficient (Wildman–Crippen LogP) is 2.37. The molecule has 1 atom stereocenters. The normalized spacial score (nSPS) is 29.9. The van der Waals surface area contributed by atoms with E-state index < -0.39 is 0 Å². The van der Waals surface area contributed by atoms with Crippen LogP contribution in [0.1, 0.15) is 77.6 Å². The van der Waals surface area contributed by atoms with E-state index in [1.165, 1.54) is 32.1 Å². The Balaban J connectivity index is 1.43. The number of carbonyl (C=O) groups excluding carboxylic acids is 3. The summed E-state index contributed by atoms with van der Waals surface area (Å²) in [4.78, 5) is 39.0. The number of amides is 3. The lowest BCUT2D eigenvalue weighted by atomic mass is 9.84. The van der Waals surface area contributed by atoms with Crippen LogP contribution < -0.4 is 10.6 Å². The lowest BCUT2D eigenvalue weighted by molar-refractivity contribution is -0.147. The molecule has 2 N–H and O–H groups in total. The first-order chi connectivity index (χ1) is 13.1. The van der Waals surface area contributed by atoms with Crippen LogP contribution in [0.2, 0.25) is 0 Å². The summed E-state index contributed by atoms with van der Waals surface area (Å²) in [5, 5.41) is 6.06. The van der Waals surface area contributed by atoms with Crippen molar-refractivity contribution in [3.63, 3.8) is 0 Å². The van der Waals surface area contributed by atoms with E-state index in [0.29, 0.717) is 31.8 Å². The zero-order chi connectivity index (χ0) is 19.2. The number of piperazine rings is 1. The van der Waals surface area contributed by atoms with Crippen LogP contribution in [0.5, 0.6) is 0 Å². The average Bonchev–Trinajstić information content (AvgIpc) is 2.68. The monoisotopic (exact) mass is 377 g/mol. The van der Waals surface area contributed by atoms with Gasteiger partial charge in [-0.25, -0.2) is 0 Å². The molecule has 1 heterocycles. The minimum absolute atomic E-state index is 0.00329. The molecule has 0 spiro atoms. The van der Waals surface area contributed by atoms with Gasteiger partial charge in [0.2, 0.25) is 17.7 Å². The highest BCUT2D eigenvalue weighted by atomic mass is 16.2. The smallest absolute Gasteiger partial charge is 0.242 e. The second kappa shape index (κ2) is 9.56. The molecule has 6 nitrogen and oxygen atoms in total. The molecule has 0 bridgehead atoms. The highest BCUT2D eigenvalue weighted by Gasteiger charge is 2.36. The van der Waals surface area contributed by atoms with Gasteiger partial charge in [-0.15, -0.1) is 0 Å². The van der Waals surface area contributed by atoms with Crippen LogP contribution in [0.25, 0.3) is 0 Å². The summed E-state index contributed by atoms with van der Waals surface area (Å²) in [7, 11) is 0. The molecule has 3 rings (SSSR count). The first kappa shape index (κ1) is 20.2. The van der Waals surface area contributed by atoms with Crippen molar-refractivity contribution in [2.24, 2.45) is 11.8 Å². The summed E-state index contributed by atoms with van der Waals surface area (Å²) in [6.07, 6.45) is 10.9. The number of carbonyl (C=O) groups is 3. The second-order valence-corrected chi connectivity index (χ2v) is 8.57. The van der Waals surface area contributed by atoms with Gasteiger partial charge < -0.3 is 15.5 Å². The van der Waals surface area contributed by atoms with Crippen molar-refractivity contribution >= 4 is 17.7 Å². The molecule has 0 aromatic carbocycles. The SMILES string of the molecule is CCC1C(=O)NCCN1C(=O)C1CCC(NC(=O)CC2CCCCC2)CC1. The summed E-state index contributed by atoms with van der Waals surface area (Å²) < 4.78 is 0. The molecule has 0 aromatic rings. The van der Waals surface area contributed by atoms with Crippen LogP contribution in [-0.2, 0) is 14.4 Å². The molecule has 27 heavy (non-hydrogen) atoms. The van der Waals surface area contributed by atoms with Gasteiger partial charge in [-0.05, 0) is 50.9 Å². The maximum Gasteiger partial charge on any atom is 0.242 e. The first-order valence-electron chi connectivity index (χ1n) is 11.0. The summed E-state index contributed by atoms with van der Waals surface area (Å²) in [5.74, 6) is 0.851. The Labute approximate surface area is 162 Å². The fourth-order valence-corrected chi connectivity index (χ4v) is 5.04. The molecule has 3 amide bonds. The van der Waals surface area contributed by atoms with Gasteiger partial charge in [-0.2, -0.15) is 0 Å². The zero-order valence-corrected chi connectivity index (χ0v) is 16.7. The number of hydrogen-bond donors (Lipinski definition) is 2. The third-order valence-corrected chi connectivity index (χ3v) is 6.64. The minimum atomic E-state index is -0.320. The minimum Gasteiger partial charge on any atom is -0.353 e. The summed E-state index contributed by atoms with van der Waals surface area (Å²) >= 11 is 0. The highest BCUT2D eigenvalue weighted by Crippen LogP contribution is 2.29. The Morgan fingerprint density at radius 1 is 1.07 bits per heavy atom. The molecule has 1 unspecified atom stereocenters. The molecule has 1 aliphatic heterocycles. The van der Waals surface area contributed by atoms with Crippen molar-refractivity contribution < 1.29 is 14.4 Å². The number of hydrogen-bond acceptors (Lipinski definition) is 3. The van der Waals surface area contributed by atoms with Crippen molar-refractivity contribution in [1.29, 1.82) is 0 Å². The van der Waals surface area contributed by atoms with Gasteiger partial charge in [-0.1, -0.05) is 26.2 Å². The van der Waals surface area contributed by atoms with Gasteiger partial charge >= 0.3 is 0 Å². The largest absolute Gasteiger partial charge is 0.353 e. The fourth-order valence-electron chi connectivity index (χ4n) is 5.04. The van der Waals surface area contributed by atoms with Gasteiger partial charge in [-0.3, -0.25) is 14.4 Å². The molecule has 2 aliphatic carbocycles. The fraction of sp³-hybridized carbons (Fsp3) is 0.857. The Hall–Kier alpha value is -1.59. The van der Waals surface area contributed by atoms with Crippen LogP contribution in [0.15, 0.2) is 0 Å². The van der Waals surface area contributed by atoms with Crippen LogP contribution in [0.4, 0.5) is 0 Å². The van der Waals surface area contributed by atoms with Crippen LogP contribution in [0.3, 0.4) is 0 Å². The van der Waals surface area contributed by atoms with E-state index in [9.17, 15) is 14.4 Å². The maximum absolute atomic E-state index is 12.9. The molecule has 1 saturated heterocycles. The number of nitrogens with zero attached hydrogens (tertiary/aromatic N) is 1. The van der Waals surface area contributed by atoms with E-state index in [0.717, 1.165) is 25.7 Å². The third kappa shape index (κ3) is 5.23. The van der Waals surface area contributed by atoms with Crippen molar-refractivity contribution in [2.45, 2.75) is 89.6 Å². The molecule has 152 valence electrons. The molecule has 3 fully saturated rings. The van der Waals surface area contributed by atoms with E-state index in [4.69, 9.17) is 0 Å². The lowest BCUT2D eigenvalue weighted by Crippen LogP contribution is -2.58. The summed E-state index contributed by atoms with van der Waals surface area (Å²) in [6, 6.07) is -0.115. The van der Waals surface area contributed by atoms with E-state index in [1.54, 1.807) is 4.90 Å². The third-order valence-electron chi connectivity index (χ3n) is 6.64. The van der Waals surface area contributed by atoms with Gasteiger partial charge in [0.15, 0.2) is 0 Å². The van der Waals surface area contributed by atoms with Crippen molar-refractivity contribution in [1.82, 2.24) is 15.5 Å². The van der Waals surface area contributed by atoms with Gasteiger partial charge in [0.25, 0.3) is 0 Å². The molecular weight excluding hydrogens is 342 g/mol. The van der Waals surface area contributed by atoms with Gasteiger partial charge in [0, 0.05) is 31.5 Å². The van der Waals surface area contributed by atoms with Crippen molar-refractivity contribution in [3.8, 4) is 0 Å². The second-order valence-electron chi connectivity index (χ2n) is 8.57. The molecule has 0 aromatic heterocycles. The van der Waals surface area contributed by atoms with Crippen molar-refractivity contribution in [2.75, 3.05) is 13.1 Å². The van der Waals surface area contributed by atoms with Gasteiger partial charge in [0.1, 0.15) is 6.04 Å². The zero-order valence-electron chi connectivity index (χ0n) is 16.7. The van der Waals surface area contributed by atoms with Gasteiger partial charge in [0.05, 0.1) is 0 Å². The Morgan fingerprint density at radius 2 is 1.78 bits per heavy atom. The quantitative estimate of drug-likeness (QED) is 0.772. The maximum atomic E-state index is 12.9. The van der Waals surface area contributed by atoms with E-state index in [2.05, 4.69) is 10.6 Å². The van der Waals surface area contributed by atoms with E-state index in [1.807, 2.05) is 6.92 Å². The Kier molecular flexibility index (Phi) is 7.13. The van der Waals surface area contributed by atoms with E-state index in [-0.39, 0.29) is 35.7 Å². The molecule has 0 radical (unpaired) electrons. The standard InChI is InChI=1S/C21H35N3O3/c1-2-18-20(26)22-12-13-24(18)21(27)16-8-10-17(11-9-16)23-19(25)14-15-6-4-3-5-7-15/h15-18H,2-14H2,1H3,(H,22,26)(H,23,25). The number of nitrogens with one attached hydrogen (secondary N) is 2. The molecule has 3 aliphatic rings. The molecule has 2 saturated carbocycles. The topological polar surface area (TPSA) is 78.5 Å². The summed E-state index contributed by atoms with van der Waals surface area (Å²) in [6.45, 7) is 3.11. The lowest BCUT2D eigenvalue weighted by Gasteiger charge is -2.38. The predicted molar refractivity (Wildman–Crippen MR) is 104 cm³/mol. The van der Waals surface area contributed by atoms with E-state index >= 15 is 0 Å². The first-order valence-corrected chi connectivity index (χ1v) is 11.0. The average molecular weight is 378 g/mol. The summed E-state index contributed by atoms with van der Waals surface area (Å²) in [5.41, 5.74) is 0. The molecule has 6 heteroatoms. The Morgan fingerprint density at radius 3 is 2.44 bits per heavy atom. The highest BCUT2D eigenvalue weighted by molar-refractivity contribution is 5.89. The van der Waals surface area contributed by atoms with Crippen molar-refractivity contribution in [3.05, 3.63) is 0 Å². The Bertz CT molecular complexity index is 537. The molecular formula is C21H35N3O3. The van der Waals surface area contributed by atoms with Crippen LogP contribution in [0, 0.1) is 11.8 Å². The number of rotatable bonds is 5. The van der Waals surface area contributed by atoms with Crippen LogP contribution >= 0.6 is 0 Å².